The molecular weight excluding hydrogens is 885 g/mol. The Morgan fingerprint density at radius 3 is 1.30 bits per heavy atom. The standard InChI is InChI=1S/C10H14N2.C8H12N2O.3C8H12N2.2C7H10N2/c1-7(2)9-5-6-10(12-11-9)8-3-4-8;1-6(2)8-4-7(11-3)5-9-10-8;1-6(2)8-4-7(3)10-9-5-8;1-6(2)8-4-7(3)5-9-10-8;1-6(2)8-5-4-7(3)9-10-8;1-6(2)7-3-4-8-9-5-7;1-6(2)7-4-3-5-8-9-7/h5-8H,3-4H2,1-2H3;4-6H,1-3H3;3*4-6H,1-3H3;2*3-6H,1-2H3. The van der Waals surface area contributed by atoms with Gasteiger partial charge in [-0.05, 0) is 146 Å². The SMILES string of the molecule is CC(C)c1ccc(C2CC2)nn1.CC(C)c1cccnn1.CC(C)c1ccnnc1.COc1cnnc(C(C)C)c1.Cc1cc(C(C)C)cnn1.Cc1ccc(C(C)C)nn1.Cc1cnnc(C(C)C)c1. The predicted octanol–water partition coefficient (Wildman–Crippen LogP) is 13.0. The molecule has 0 saturated heterocycles. The van der Waals surface area contributed by atoms with Crippen LogP contribution in [0.3, 0.4) is 0 Å². The van der Waals surface area contributed by atoms with Crippen molar-refractivity contribution in [2.75, 3.05) is 7.11 Å². The van der Waals surface area contributed by atoms with E-state index in [-0.39, 0.29) is 0 Å². The molecule has 0 bridgehead atoms. The van der Waals surface area contributed by atoms with E-state index in [0.717, 1.165) is 51.5 Å². The van der Waals surface area contributed by atoms with E-state index in [4.69, 9.17) is 4.74 Å². The lowest BCUT2D eigenvalue weighted by Gasteiger charge is -2.03. The van der Waals surface area contributed by atoms with Gasteiger partial charge in [0.15, 0.2) is 0 Å². The summed E-state index contributed by atoms with van der Waals surface area (Å²) in [6.45, 7) is 35.6. The summed E-state index contributed by atoms with van der Waals surface area (Å²) < 4.78 is 5.00. The second-order valence-electron chi connectivity index (χ2n) is 19.5. The number of hydrogen-bond donors (Lipinski definition) is 0. The highest BCUT2D eigenvalue weighted by Crippen LogP contribution is 2.38. The van der Waals surface area contributed by atoms with Gasteiger partial charge in [0.2, 0.25) is 0 Å². The minimum absolute atomic E-state index is 0.401. The number of aromatic nitrogens is 14. The molecule has 0 unspecified atom stereocenters. The third-order valence-corrected chi connectivity index (χ3v) is 10.5. The van der Waals surface area contributed by atoms with Crippen LogP contribution in [0.4, 0.5) is 0 Å². The predicted molar refractivity (Wildman–Crippen MR) is 286 cm³/mol. The van der Waals surface area contributed by atoms with Crippen LogP contribution in [0.5, 0.6) is 5.75 Å². The van der Waals surface area contributed by atoms with Gasteiger partial charge in [-0.2, -0.15) is 71.4 Å². The fraction of sp³-hybridized carbons (Fsp3) is 0.500. The Kier molecular flexibility index (Phi) is 28.1. The quantitative estimate of drug-likeness (QED) is 0.133. The lowest BCUT2D eigenvalue weighted by molar-refractivity contribution is 0.410. The van der Waals surface area contributed by atoms with Gasteiger partial charge in [-0.15, -0.1) is 0 Å². The number of aryl methyl sites for hydroxylation is 3. The molecule has 0 amide bonds. The van der Waals surface area contributed by atoms with Crippen molar-refractivity contribution in [3.05, 3.63) is 160 Å². The third kappa shape index (κ3) is 25.7. The van der Waals surface area contributed by atoms with Gasteiger partial charge in [-0.25, -0.2) is 0 Å². The fourth-order valence-corrected chi connectivity index (χ4v) is 5.57. The van der Waals surface area contributed by atoms with Crippen molar-refractivity contribution in [2.45, 2.75) is 178 Å². The second kappa shape index (κ2) is 33.0. The average molecular weight is 967 g/mol. The zero-order valence-corrected chi connectivity index (χ0v) is 45.9. The van der Waals surface area contributed by atoms with Crippen LogP contribution in [0.15, 0.2) is 97.8 Å². The molecule has 0 N–H and O–H groups in total. The lowest BCUT2D eigenvalue weighted by Crippen LogP contribution is -1.97. The molecule has 1 fully saturated rings. The number of ether oxygens (including phenoxy) is 1. The van der Waals surface area contributed by atoms with Gasteiger partial charge in [-0.3, -0.25) is 0 Å². The summed E-state index contributed by atoms with van der Waals surface area (Å²) in [7, 11) is 1.63. The van der Waals surface area contributed by atoms with Crippen molar-refractivity contribution in [3.63, 3.8) is 0 Å². The number of nitrogens with zero attached hydrogens (tertiary/aromatic N) is 14. The van der Waals surface area contributed by atoms with E-state index >= 15 is 0 Å². The number of rotatable bonds is 9. The van der Waals surface area contributed by atoms with Crippen molar-refractivity contribution in [3.8, 4) is 5.75 Å². The van der Waals surface area contributed by atoms with E-state index in [1.54, 1.807) is 38.1 Å². The molecule has 1 aliphatic rings. The monoisotopic (exact) mass is 967 g/mol. The molecule has 0 aliphatic heterocycles. The van der Waals surface area contributed by atoms with Crippen molar-refractivity contribution < 1.29 is 4.74 Å². The summed E-state index contributed by atoms with van der Waals surface area (Å²) in [6.07, 6.45) is 13.0. The van der Waals surface area contributed by atoms with Gasteiger partial charge in [0.1, 0.15) is 5.75 Å². The number of methoxy groups -OCH3 is 1. The van der Waals surface area contributed by atoms with Crippen LogP contribution in [-0.2, 0) is 0 Å². The minimum Gasteiger partial charge on any atom is -0.495 e. The normalized spacial score (nSPS) is 11.4. The zero-order valence-electron chi connectivity index (χ0n) is 45.9. The molecule has 7 heterocycles. The molecule has 71 heavy (non-hydrogen) atoms. The van der Waals surface area contributed by atoms with E-state index in [9.17, 15) is 0 Å². The first-order chi connectivity index (χ1) is 33.7. The Bertz CT molecular complexity index is 2330. The molecule has 15 nitrogen and oxygen atoms in total. The third-order valence-electron chi connectivity index (χ3n) is 10.5. The van der Waals surface area contributed by atoms with E-state index < -0.39 is 0 Å². The van der Waals surface area contributed by atoms with Crippen LogP contribution in [-0.4, -0.2) is 78.5 Å². The van der Waals surface area contributed by atoms with Gasteiger partial charge in [-0.1, -0.05) is 96.9 Å². The van der Waals surface area contributed by atoms with Gasteiger partial charge in [0, 0.05) is 24.4 Å². The maximum atomic E-state index is 5.00. The van der Waals surface area contributed by atoms with Gasteiger partial charge < -0.3 is 4.74 Å². The Morgan fingerprint density at radius 2 is 0.915 bits per heavy atom. The maximum absolute atomic E-state index is 5.00. The Hall–Kier alpha value is -6.64. The maximum Gasteiger partial charge on any atom is 0.140 e. The van der Waals surface area contributed by atoms with Crippen LogP contribution in [0.25, 0.3) is 0 Å². The van der Waals surface area contributed by atoms with Crippen LogP contribution in [0.2, 0.25) is 0 Å². The molecule has 7 aromatic rings. The second-order valence-corrected chi connectivity index (χ2v) is 19.5. The first-order valence-electron chi connectivity index (χ1n) is 24.8. The first-order valence-corrected chi connectivity index (χ1v) is 24.8. The van der Waals surface area contributed by atoms with E-state index in [1.165, 1.54) is 35.2 Å². The molecule has 15 heteroatoms. The lowest BCUT2D eigenvalue weighted by atomic mass is 10.1. The molecule has 0 spiro atoms. The Morgan fingerprint density at radius 1 is 0.394 bits per heavy atom. The van der Waals surface area contributed by atoms with Crippen LogP contribution in [0.1, 0.15) is 219 Å². The van der Waals surface area contributed by atoms with E-state index in [0.29, 0.717) is 41.4 Å². The molecule has 0 radical (unpaired) electrons. The summed E-state index contributed by atoms with van der Waals surface area (Å²) in [5.41, 5.74) is 12.1. The first kappa shape index (κ1) is 60.5. The van der Waals surface area contributed by atoms with Crippen LogP contribution < -0.4 is 4.74 Å². The van der Waals surface area contributed by atoms with Crippen LogP contribution >= 0.6 is 0 Å². The summed E-state index contributed by atoms with van der Waals surface area (Å²) in [5.74, 6) is 4.93. The molecule has 0 atom stereocenters. The smallest absolute Gasteiger partial charge is 0.140 e. The van der Waals surface area contributed by atoms with Gasteiger partial charge in [0.05, 0.1) is 77.4 Å². The largest absolute Gasteiger partial charge is 0.495 e. The van der Waals surface area contributed by atoms with Crippen molar-refractivity contribution in [1.29, 1.82) is 0 Å². The fourth-order valence-electron chi connectivity index (χ4n) is 5.57. The number of hydrogen-bond acceptors (Lipinski definition) is 15. The molecule has 382 valence electrons. The van der Waals surface area contributed by atoms with E-state index in [1.807, 2.05) is 63.4 Å². The molecular formula is C56H82N14O. The van der Waals surface area contributed by atoms with Crippen LogP contribution in [0, 0.1) is 20.8 Å². The summed E-state index contributed by atoms with van der Waals surface area (Å²) in [4.78, 5) is 0. The highest BCUT2D eigenvalue weighted by molar-refractivity contribution is 5.21. The highest BCUT2D eigenvalue weighted by Gasteiger charge is 2.25. The van der Waals surface area contributed by atoms with Crippen molar-refractivity contribution in [1.82, 2.24) is 71.4 Å². The topological polar surface area (TPSA) is 190 Å². The van der Waals surface area contributed by atoms with Crippen molar-refractivity contribution >= 4 is 0 Å². The van der Waals surface area contributed by atoms with E-state index in [2.05, 4.69) is 193 Å². The molecule has 0 aromatic carbocycles. The summed E-state index contributed by atoms with van der Waals surface area (Å²) in [5, 5.41) is 54.8. The zero-order chi connectivity index (χ0) is 52.9. The van der Waals surface area contributed by atoms with Gasteiger partial charge in [0.25, 0.3) is 0 Å². The van der Waals surface area contributed by atoms with Crippen molar-refractivity contribution in [2.24, 2.45) is 0 Å². The molecule has 7 aromatic heterocycles. The average Bonchev–Trinajstić information content (AvgIpc) is 4.22. The molecule has 1 aliphatic carbocycles. The van der Waals surface area contributed by atoms with Gasteiger partial charge >= 0.3 is 0 Å². The highest BCUT2D eigenvalue weighted by atomic mass is 16.5. The Labute approximate surface area is 425 Å². The molecule has 8 rings (SSSR count). The minimum atomic E-state index is 0.401. The molecule has 1 saturated carbocycles. The Balaban J connectivity index is 0.000000285. The summed E-state index contributed by atoms with van der Waals surface area (Å²) in [6, 6.07) is 20.1. The summed E-state index contributed by atoms with van der Waals surface area (Å²) >= 11 is 0.